The summed E-state index contributed by atoms with van der Waals surface area (Å²) in [6.07, 6.45) is 5.88. The summed E-state index contributed by atoms with van der Waals surface area (Å²) in [6, 6.07) is 14.2. The number of fused-ring (bicyclic) bond motifs is 1. The molecular formula is C15H12N2. The molecule has 0 spiro atoms. The number of hydrogen-bond acceptors (Lipinski definition) is 1. The minimum Gasteiger partial charge on any atom is -0.306 e. The Balaban J connectivity index is 2.10. The van der Waals surface area contributed by atoms with Gasteiger partial charge in [0.1, 0.15) is 5.65 Å². The first-order valence-electron chi connectivity index (χ1n) is 5.53. The third kappa shape index (κ3) is 1.74. The molecule has 2 nitrogen and oxygen atoms in total. The third-order valence-corrected chi connectivity index (χ3v) is 2.81. The lowest BCUT2D eigenvalue weighted by Crippen LogP contribution is -1.77. The molecule has 0 N–H and O–H groups in total. The van der Waals surface area contributed by atoms with Crippen LogP contribution in [0.1, 0.15) is 5.56 Å². The Bertz CT molecular complexity index is 630. The zero-order chi connectivity index (χ0) is 11.7. The fourth-order valence-corrected chi connectivity index (χ4v) is 1.86. The van der Waals surface area contributed by atoms with Crippen LogP contribution in [-0.2, 0) is 0 Å². The van der Waals surface area contributed by atoms with Gasteiger partial charge in [-0.1, -0.05) is 43.0 Å². The summed E-state index contributed by atoms with van der Waals surface area (Å²) >= 11 is 0. The molecule has 0 atom stereocenters. The topological polar surface area (TPSA) is 17.3 Å². The molecule has 0 saturated heterocycles. The van der Waals surface area contributed by atoms with Crippen LogP contribution < -0.4 is 0 Å². The van der Waals surface area contributed by atoms with Gasteiger partial charge in [-0.2, -0.15) is 0 Å². The minimum atomic E-state index is 0.968. The second-order valence-electron chi connectivity index (χ2n) is 3.92. The molecule has 0 fully saturated rings. The van der Waals surface area contributed by atoms with Crippen molar-refractivity contribution in [2.75, 3.05) is 0 Å². The first-order chi connectivity index (χ1) is 8.36. The molecule has 0 unspecified atom stereocenters. The van der Waals surface area contributed by atoms with Crippen LogP contribution in [0.2, 0.25) is 0 Å². The fourth-order valence-electron chi connectivity index (χ4n) is 1.86. The largest absolute Gasteiger partial charge is 0.306 e. The highest BCUT2D eigenvalue weighted by molar-refractivity contribution is 5.64. The van der Waals surface area contributed by atoms with E-state index in [2.05, 4.69) is 23.7 Å². The Labute approximate surface area is 99.9 Å². The van der Waals surface area contributed by atoms with Crippen molar-refractivity contribution >= 4 is 11.7 Å². The quantitative estimate of drug-likeness (QED) is 0.644. The van der Waals surface area contributed by atoms with Crippen molar-refractivity contribution in [1.29, 1.82) is 0 Å². The van der Waals surface area contributed by atoms with E-state index < -0.39 is 0 Å². The molecule has 0 amide bonds. The maximum atomic E-state index is 4.58. The highest BCUT2D eigenvalue weighted by atomic mass is 15.0. The van der Waals surface area contributed by atoms with E-state index in [0.717, 1.165) is 22.5 Å². The molecule has 3 rings (SSSR count). The Morgan fingerprint density at radius 2 is 1.88 bits per heavy atom. The van der Waals surface area contributed by atoms with Crippen molar-refractivity contribution in [1.82, 2.24) is 9.38 Å². The van der Waals surface area contributed by atoms with Gasteiger partial charge in [0.15, 0.2) is 0 Å². The van der Waals surface area contributed by atoms with Crippen molar-refractivity contribution in [3.63, 3.8) is 0 Å². The van der Waals surface area contributed by atoms with Gasteiger partial charge in [0.05, 0.1) is 5.69 Å². The van der Waals surface area contributed by atoms with Gasteiger partial charge < -0.3 is 4.40 Å². The summed E-state index contributed by atoms with van der Waals surface area (Å²) in [5.74, 6) is 0. The van der Waals surface area contributed by atoms with E-state index in [0.29, 0.717) is 0 Å². The number of nitrogens with zero attached hydrogens (tertiary/aromatic N) is 2. The van der Waals surface area contributed by atoms with Crippen LogP contribution in [0.3, 0.4) is 0 Å². The van der Waals surface area contributed by atoms with Gasteiger partial charge in [-0.25, -0.2) is 4.98 Å². The maximum Gasteiger partial charge on any atom is 0.137 e. The molecule has 0 aliphatic heterocycles. The first-order valence-corrected chi connectivity index (χ1v) is 5.53. The number of pyridine rings is 1. The van der Waals surface area contributed by atoms with E-state index in [4.69, 9.17) is 0 Å². The summed E-state index contributed by atoms with van der Waals surface area (Å²) in [5, 5.41) is 0. The zero-order valence-corrected chi connectivity index (χ0v) is 9.38. The average Bonchev–Trinajstić information content (AvgIpc) is 2.82. The van der Waals surface area contributed by atoms with E-state index in [9.17, 15) is 0 Å². The van der Waals surface area contributed by atoms with Crippen molar-refractivity contribution in [3.05, 3.63) is 67.0 Å². The standard InChI is InChI=1S/C15H12N2/c1-2-12-6-8-13(9-7-12)14-11-17-10-4-3-5-15(17)16-14/h2-11H,1H2. The van der Waals surface area contributed by atoms with Crippen LogP contribution in [0.15, 0.2) is 61.4 Å². The van der Waals surface area contributed by atoms with E-state index in [-0.39, 0.29) is 0 Å². The second-order valence-corrected chi connectivity index (χ2v) is 3.92. The van der Waals surface area contributed by atoms with Crippen LogP contribution in [0.5, 0.6) is 0 Å². The molecule has 17 heavy (non-hydrogen) atoms. The van der Waals surface area contributed by atoms with Gasteiger partial charge in [0.2, 0.25) is 0 Å². The summed E-state index contributed by atoms with van der Waals surface area (Å²) in [5.41, 5.74) is 4.21. The smallest absolute Gasteiger partial charge is 0.137 e. The van der Waals surface area contributed by atoms with E-state index in [1.807, 2.05) is 53.2 Å². The predicted octanol–water partition coefficient (Wildman–Crippen LogP) is 3.64. The van der Waals surface area contributed by atoms with Gasteiger partial charge in [0, 0.05) is 18.0 Å². The molecule has 3 aromatic rings. The van der Waals surface area contributed by atoms with Crippen LogP contribution in [-0.4, -0.2) is 9.38 Å². The lowest BCUT2D eigenvalue weighted by atomic mass is 10.1. The first kappa shape index (κ1) is 9.85. The number of aromatic nitrogens is 2. The van der Waals surface area contributed by atoms with E-state index in [1.165, 1.54) is 0 Å². The molecule has 0 radical (unpaired) electrons. The van der Waals surface area contributed by atoms with Crippen LogP contribution in [0.4, 0.5) is 0 Å². The summed E-state index contributed by atoms with van der Waals surface area (Å²) in [4.78, 5) is 4.58. The average molecular weight is 220 g/mol. The Morgan fingerprint density at radius 1 is 1.06 bits per heavy atom. The SMILES string of the molecule is C=Cc1ccc(-c2cn3ccccc3n2)cc1. The summed E-state index contributed by atoms with van der Waals surface area (Å²) in [6.45, 7) is 3.75. The fraction of sp³-hybridized carbons (Fsp3) is 0. The highest BCUT2D eigenvalue weighted by Crippen LogP contribution is 2.19. The molecule has 0 aliphatic rings. The van der Waals surface area contributed by atoms with Crippen molar-refractivity contribution in [2.45, 2.75) is 0 Å². The second kappa shape index (κ2) is 3.91. The number of hydrogen-bond donors (Lipinski definition) is 0. The van der Waals surface area contributed by atoms with Gasteiger partial charge in [0.25, 0.3) is 0 Å². The molecule has 2 heterocycles. The van der Waals surface area contributed by atoms with Crippen molar-refractivity contribution < 1.29 is 0 Å². The molecule has 0 bridgehead atoms. The van der Waals surface area contributed by atoms with Crippen LogP contribution in [0, 0.1) is 0 Å². The number of rotatable bonds is 2. The molecular weight excluding hydrogens is 208 g/mol. The minimum absolute atomic E-state index is 0.968. The third-order valence-electron chi connectivity index (χ3n) is 2.81. The van der Waals surface area contributed by atoms with Gasteiger partial charge >= 0.3 is 0 Å². The van der Waals surface area contributed by atoms with Crippen LogP contribution >= 0.6 is 0 Å². The molecule has 0 aliphatic carbocycles. The monoisotopic (exact) mass is 220 g/mol. The Kier molecular flexibility index (Phi) is 2.26. The number of benzene rings is 1. The predicted molar refractivity (Wildman–Crippen MR) is 70.7 cm³/mol. The van der Waals surface area contributed by atoms with Crippen molar-refractivity contribution in [3.8, 4) is 11.3 Å². The lowest BCUT2D eigenvalue weighted by molar-refractivity contribution is 1.19. The maximum absolute atomic E-state index is 4.58. The van der Waals surface area contributed by atoms with Gasteiger partial charge in [-0.05, 0) is 17.7 Å². The number of imidazole rings is 1. The van der Waals surface area contributed by atoms with Crippen molar-refractivity contribution in [2.24, 2.45) is 0 Å². The highest BCUT2D eigenvalue weighted by Gasteiger charge is 2.02. The molecule has 2 aromatic heterocycles. The summed E-state index contributed by atoms with van der Waals surface area (Å²) in [7, 11) is 0. The van der Waals surface area contributed by atoms with E-state index >= 15 is 0 Å². The normalized spacial score (nSPS) is 10.6. The van der Waals surface area contributed by atoms with Gasteiger partial charge in [-0.3, -0.25) is 0 Å². The summed E-state index contributed by atoms with van der Waals surface area (Å²) < 4.78 is 2.02. The van der Waals surface area contributed by atoms with Gasteiger partial charge in [-0.15, -0.1) is 0 Å². The molecule has 82 valence electrons. The Morgan fingerprint density at radius 3 is 2.59 bits per heavy atom. The molecule has 2 heteroatoms. The zero-order valence-electron chi connectivity index (χ0n) is 9.38. The van der Waals surface area contributed by atoms with E-state index in [1.54, 1.807) is 0 Å². The van der Waals surface area contributed by atoms with Crippen LogP contribution in [0.25, 0.3) is 23.0 Å². The molecule has 1 aromatic carbocycles. The Hall–Kier alpha value is -2.35. The molecule has 0 saturated carbocycles. The lowest BCUT2D eigenvalue weighted by Gasteiger charge is -1.96.